The van der Waals surface area contributed by atoms with Gasteiger partial charge in [-0.1, -0.05) is 13.0 Å². The number of nitrogens with one attached hydrogen (secondary N) is 1. The number of nitrogens with zero attached hydrogens (tertiary/aromatic N) is 2. The molecule has 0 atom stereocenters. The van der Waals surface area contributed by atoms with Crippen molar-refractivity contribution in [1.82, 2.24) is 10.3 Å². The largest absolute Gasteiger partial charge is 0.329 e. The highest BCUT2D eigenvalue weighted by molar-refractivity contribution is 9.10. The van der Waals surface area contributed by atoms with Crippen molar-refractivity contribution in [3.63, 3.8) is 0 Å². The lowest BCUT2D eigenvalue weighted by molar-refractivity contribution is 0.628. The van der Waals surface area contributed by atoms with E-state index in [2.05, 4.69) is 33.2 Å². The lowest BCUT2D eigenvalue weighted by Crippen LogP contribution is -2.18. The minimum Gasteiger partial charge on any atom is -0.329 e. The molecule has 0 saturated carbocycles. The van der Waals surface area contributed by atoms with Crippen molar-refractivity contribution < 1.29 is 4.39 Å². The molecule has 0 unspecified atom stereocenters. The predicted octanol–water partition coefficient (Wildman–Crippen LogP) is 3.86. The summed E-state index contributed by atoms with van der Waals surface area (Å²) in [5.74, 6) is 0.569. The molecule has 0 saturated heterocycles. The summed E-state index contributed by atoms with van der Waals surface area (Å²) in [5.41, 5.74) is 1.84. The number of hydrogen-bond donors (Lipinski definition) is 1. The number of hydrogen-bond acceptors (Lipinski definition) is 3. The fourth-order valence-electron chi connectivity index (χ4n) is 1.97. The van der Waals surface area contributed by atoms with Crippen molar-refractivity contribution in [2.45, 2.75) is 13.5 Å². The van der Waals surface area contributed by atoms with E-state index >= 15 is 0 Å². The van der Waals surface area contributed by atoms with Crippen LogP contribution in [0.5, 0.6) is 0 Å². The molecule has 0 aliphatic carbocycles. The third-order valence-electron chi connectivity index (χ3n) is 2.99. The number of benzene rings is 1. The monoisotopic (exact) mass is 337 g/mol. The first-order valence-corrected chi connectivity index (χ1v) is 7.25. The normalized spacial score (nSPS) is 10.6. The highest BCUT2D eigenvalue weighted by atomic mass is 79.9. The van der Waals surface area contributed by atoms with Gasteiger partial charge in [0, 0.05) is 35.5 Å². The molecule has 0 aliphatic heterocycles. The summed E-state index contributed by atoms with van der Waals surface area (Å²) in [5, 5.41) is 3.29. The average Bonchev–Trinajstić information content (AvgIpc) is 2.44. The van der Waals surface area contributed by atoms with Gasteiger partial charge in [0.15, 0.2) is 0 Å². The molecule has 106 valence electrons. The van der Waals surface area contributed by atoms with Crippen molar-refractivity contribution in [3.8, 4) is 0 Å². The molecule has 2 aromatic rings. The summed E-state index contributed by atoms with van der Waals surface area (Å²) in [6, 6.07) is 8.53. The Labute approximate surface area is 127 Å². The molecule has 1 heterocycles. The van der Waals surface area contributed by atoms with Crippen molar-refractivity contribution in [2.75, 3.05) is 18.5 Å². The Hall–Kier alpha value is -1.46. The van der Waals surface area contributed by atoms with Crippen LogP contribution in [0.1, 0.15) is 12.5 Å². The van der Waals surface area contributed by atoms with Gasteiger partial charge in [0.05, 0.1) is 0 Å². The van der Waals surface area contributed by atoms with Crippen molar-refractivity contribution in [2.24, 2.45) is 0 Å². The second-order valence-electron chi connectivity index (χ2n) is 4.46. The zero-order valence-electron chi connectivity index (χ0n) is 11.5. The molecule has 0 spiro atoms. The molecule has 3 nitrogen and oxygen atoms in total. The predicted molar refractivity (Wildman–Crippen MR) is 83.8 cm³/mol. The molecular formula is C15H17BrFN3. The average molecular weight is 338 g/mol. The maximum atomic E-state index is 13.3. The zero-order valence-corrected chi connectivity index (χ0v) is 13.1. The minimum absolute atomic E-state index is 0.250. The summed E-state index contributed by atoms with van der Waals surface area (Å²) >= 11 is 3.44. The number of pyridine rings is 1. The van der Waals surface area contributed by atoms with Gasteiger partial charge >= 0.3 is 0 Å². The lowest BCUT2D eigenvalue weighted by atomic mass is 10.2. The van der Waals surface area contributed by atoms with Crippen molar-refractivity contribution in [1.29, 1.82) is 0 Å². The SMILES string of the molecule is CCNCc1cc(Br)cnc1N(C)c1cccc(F)c1. The summed E-state index contributed by atoms with van der Waals surface area (Å²) in [6.45, 7) is 3.66. The van der Waals surface area contributed by atoms with Gasteiger partial charge < -0.3 is 10.2 Å². The van der Waals surface area contributed by atoms with E-state index in [1.807, 2.05) is 24.1 Å². The summed E-state index contributed by atoms with van der Waals surface area (Å²) < 4.78 is 14.3. The van der Waals surface area contributed by atoms with Crippen LogP contribution in [0.15, 0.2) is 41.0 Å². The Morgan fingerprint density at radius 1 is 1.35 bits per heavy atom. The molecule has 5 heteroatoms. The molecule has 0 amide bonds. The minimum atomic E-state index is -0.250. The summed E-state index contributed by atoms with van der Waals surface area (Å²) in [6.07, 6.45) is 1.75. The second kappa shape index (κ2) is 6.81. The molecule has 1 aromatic carbocycles. The topological polar surface area (TPSA) is 28.2 Å². The molecule has 20 heavy (non-hydrogen) atoms. The molecule has 0 bridgehead atoms. The van der Waals surface area contributed by atoms with Crippen LogP contribution in [0.3, 0.4) is 0 Å². The third kappa shape index (κ3) is 3.55. The van der Waals surface area contributed by atoms with E-state index in [4.69, 9.17) is 0 Å². The first-order valence-electron chi connectivity index (χ1n) is 6.46. The number of rotatable bonds is 5. The molecule has 1 N–H and O–H groups in total. The first-order chi connectivity index (χ1) is 9.61. The Kier molecular flexibility index (Phi) is 5.09. The Bertz CT molecular complexity index is 589. The number of aromatic nitrogens is 1. The van der Waals surface area contributed by atoms with Crippen molar-refractivity contribution >= 4 is 27.4 Å². The van der Waals surface area contributed by atoms with Gasteiger partial charge in [0.25, 0.3) is 0 Å². The van der Waals surface area contributed by atoms with Crippen LogP contribution >= 0.6 is 15.9 Å². The van der Waals surface area contributed by atoms with Crippen LogP contribution in [0.2, 0.25) is 0 Å². The summed E-state index contributed by atoms with van der Waals surface area (Å²) in [7, 11) is 1.89. The smallest absolute Gasteiger partial charge is 0.137 e. The fraction of sp³-hybridized carbons (Fsp3) is 0.267. The van der Waals surface area contributed by atoms with E-state index in [9.17, 15) is 4.39 Å². The van der Waals surface area contributed by atoms with Gasteiger partial charge in [-0.3, -0.25) is 0 Å². The van der Waals surface area contributed by atoms with Gasteiger partial charge in [0.1, 0.15) is 11.6 Å². The van der Waals surface area contributed by atoms with Crippen LogP contribution in [0, 0.1) is 5.82 Å². The molecule has 0 aliphatic rings. The Balaban J connectivity index is 2.35. The zero-order chi connectivity index (χ0) is 14.5. The van der Waals surface area contributed by atoms with E-state index in [1.54, 1.807) is 12.3 Å². The van der Waals surface area contributed by atoms with Crippen LogP contribution < -0.4 is 10.2 Å². The Morgan fingerprint density at radius 3 is 2.85 bits per heavy atom. The fourth-order valence-corrected chi connectivity index (χ4v) is 2.35. The van der Waals surface area contributed by atoms with Gasteiger partial charge in [-0.05, 0) is 46.7 Å². The van der Waals surface area contributed by atoms with Gasteiger partial charge in [-0.2, -0.15) is 0 Å². The van der Waals surface area contributed by atoms with Crippen LogP contribution in [-0.2, 0) is 6.54 Å². The molecule has 0 radical (unpaired) electrons. The third-order valence-corrected chi connectivity index (χ3v) is 3.42. The number of halogens is 2. The van der Waals surface area contributed by atoms with E-state index in [1.165, 1.54) is 12.1 Å². The number of anilines is 2. The first kappa shape index (κ1) is 14.9. The van der Waals surface area contributed by atoms with E-state index in [-0.39, 0.29) is 5.82 Å². The van der Waals surface area contributed by atoms with Gasteiger partial charge in [-0.25, -0.2) is 9.37 Å². The quantitative estimate of drug-likeness (QED) is 0.897. The van der Waals surface area contributed by atoms with Gasteiger partial charge in [0.2, 0.25) is 0 Å². The van der Waals surface area contributed by atoms with Crippen LogP contribution in [0.4, 0.5) is 15.9 Å². The van der Waals surface area contributed by atoms with Crippen LogP contribution in [0.25, 0.3) is 0 Å². The summed E-state index contributed by atoms with van der Waals surface area (Å²) in [4.78, 5) is 6.34. The lowest BCUT2D eigenvalue weighted by Gasteiger charge is -2.21. The highest BCUT2D eigenvalue weighted by Crippen LogP contribution is 2.27. The van der Waals surface area contributed by atoms with E-state index in [0.717, 1.165) is 34.6 Å². The maximum absolute atomic E-state index is 13.3. The Morgan fingerprint density at radius 2 is 2.15 bits per heavy atom. The van der Waals surface area contributed by atoms with E-state index in [0.29, 0.717) is 0 Å². The molecule has 1 aromatic heterocycles. The van der Waals surface area contributed by atoms with Gasteiger partial charge in [-0.15, -0.1) is 0 Å². The highest BCUT2D eigenvalue weighted by Gasteiger charge is 2.12. The van der Waals surface area contributed by atoms with E-state index < -0.39 is 0 Å². The standard InChI is InChI=1S/C15H17BrFN3/c1-3-18-9-11-7-12(16)10-19-15(11)20(2)14-6-4-5-13(17)8-14/h4-8,10,18H,3,9H2,1-2H3. The molecule has 2 rings (SSSR count). The molecule has 0 fully saturated rings. The van der Waals surface area contributed by atoms with Crippen molar-refractivity contribution in [3.05, 3.63) is 52.4 Å². The second-order valence-corrected chi connectivity index (χ2v) is 5.37. The molecular weight excluding hydrogens is 321 g/mol. The van der Waals surface area contributed by atoms with Crippen LogP contribution in [-0.4, -0.2) is 18.6 Å². The maximum Gasteiger partial charge on any atom is 0.137 e.